The van der Waals surface area contributed by atoms with Crippen LogP contribution in [0.5, 0.6) is 5.75 Å². The van der Waals surface area contributed by atoms with Gasteiger partial charge in [-0.1, -0.05) is 19.1 Å². The number of aromatic nitrogens is 1. The van der Waals surface area contributed by atoms with Gasteiger partial charge in [-0.3, -0.25) is 0 Å². The minimum atomic E-state index is 0.442. The molecular formula is C16H23N3O. The number of nitrogens with zero attached hydrogens (tertiary/aromatic N) is 2. The smallest absolute Gasteiger partial charge is 0.136 e. The summed E-state index contributed by atoms with van der Waals surface area (Å²) in [4.78, 5) is 6.85. The number of hydrogen-bond donors (Lipinski definition) is 1. The molecule has 2 aromatic rings. The van der Waals surface area contributed by atoms with Gasteiger partial charge < -0.3 is 15.4 Å². The number of methoxy groups -OCH3 is 1. The van der Waals surface area contributed by atoms with Crippen LogP contribution >= 0.6 is 0 Å². The fourth-order valence-electron chi connectivity index (χ4n) is 2.41. The summed E-state index contributed by atoms with van der Waals surface area (Å²) < 4.78 is 5.43. The van der Waals surface area contributed by atoms with Crippen molar-refractivity contribution in [1.29, 1.82) is 0 Å². The average molecular weight is 273 g/mol. The number of pyridine rings is 1. The van der Waals surface area contributed by atoms with Gasteiger partial charge in [-0.2, -0.15) is 0 Å². The van der Waals surface area contributed by atoms with E-state index < -0.39 is 0 Å². The Morgan fingerprint density at radius 2 is 2.10 bits per heavy atom. The first-order valence-corrected chi connectivity index (χ1v) is 7.08. The molecule has 2 rings (SSSR count). The zero-order chi connectivity index (χ0) is 14.5. The molecule has 20 heavy (non-hydrogen) atoms. The third-order valence-electron chi connectivity index (χ3n) is 3.58. The van der Waals surface area contributed by atoms with Gasteiger partial charge >= 0.3 is 0 Å². The van der Waals surface area contributed by atoms with E-state index in [1.54, 1.807) is 7.11 Å². The molecule has 0 spiro atoms. The van der Waals surface area contributed by atoms with E-state index >= 15 is 0 Å². The first-order valence-electron chi connectivity index (χ1n) is 7.08. The van der Waals surface area contributed by atoms with Crippen LogP contribution in [0.1, 0.15) is 13.8 Å². The molecule has 1 unspecified atom stereocenters. The lowest BCUT2D eigenvalue weighted by Gasteiger charge is -2.26. The lowest BCUT2D eigenvalue weighted by Crippen LogP contribution is -2.32. The van der Waals surface area contributed by atoms with Crippen molar-refractivity contribution in [3.63, 3.8) is 0 Å². The van der Waals surface area contributed by atoms with E-state index in [0.29, 0.717) is 12.5 Å². The van der Waals surface area contributed by atoms with Gasteiger partial charge in [-0.05, 0) is 31.5 Å². The molecule has 1 aromatic heterocycles. The predicted molar refractivity (Wildman–Crippen MR) is 84.4 cm³/mol. The van der Waals surface area contributed by atoms with Crippen LogP contribution in [0.25, 0.3) is 10.8 Å². The number of benzene rings is 1. The molecule has 0 bridgehead atoms. The van der Waals surface area contributed by atoms with E-state index in [9.17, 15) is 0 Å². The van der Waals surface area contributed by atoms with Crippen molar-refractivity contribution in [2.45, 2.75) is 13.8 Å². The summed E-state index contributed by atoms with van der Waals surface area (Å²) in [6, 6.07) is 8.07. The van der Waals surface area contributed by atoms with Crippen molar-refractivity contribution >= 4 is 16.6 Å². The molecule has 4 nitrogen and oxygen atoms in total. The Balaban J connectivity index is 2.47. The Bertz CT molecular complexity index is 571. The van der Waals surface area contributed by atoms with Crippen LogP contribution in [0.3, 0.4) is 0 Å². The standard InChI is InChI=1S/C16H23N3O/c1-4-19(11-12(2)10-17)16-14-6-5-7-15(20-3)13(14)8-9-18-16/h5-9,12H,4,10-11,17H2,1-3H3. The normalized spacial score (nSPS) is 12.4. The zero-order valence-corrected chi connectivity index (χ0v) is 12.5. The van der Waals surface area contributed by atoms with E-state index in [1.807, 2.05) is 24.4 Å². The second-order valence-electron chi connectivity index (χ2n) is 5.07. The van der Waals surface area contributed by atoms with Crippen LogP contribution < -0.4 is 15.4 Å². The van der Waals surface area contributed by atoms with Crippen LogP contribution in [0.15, 0.2) is 30.5 Å². The molecule has 108 valence electrons. The Morgan fingerprint density at radius 3 is 2.75 bits per heavy atom. The lowest BCUT2D eigenvalue weighted by molar-refractivity contribution is 0.420. The fraction of sp³-hybridized carbons (Fsp3) is 0.438. The number of anilines is 1. The van der Waals surface area contributed by atoms with Crippen LogP contribution in [-0.2, 0) is 0 Å². The van der Waals surface area contributed by atoms with Crippen LogP contribution in [0.2, 0.25) is 0 Å². The monoisotopic (exact) mass is 273 g/mol. The summed E-state index contributed by atoms with van der Waals surface area (Å²) in [5.74, 6) is 2.33. The Kier molecular flexibility index (Phi) is 4.79. The van der Waals surface area contributed by atoms with Gasteiger partial charge in [-0.15, -0.1) is 0 Å². The highest BCUT2D eigenvalue weighted by atomic mass is 16.5. The van der Waals surface area contributed by atoms with Gasteiger partial charge in [0.1, 0.15) is 11.6 Å². The molecule has 0 aliphatic carbocycles. The maximum absolute atomic E-state index is 5.74. The number of fused-ring (bicyclic) bond motifs is 1. The van der Waals surface area contributed by atoms with Gasteiger partial charge in [0.05, 0.1) is 7.11 Å². The van der Waals surface area contributed by atoms with Crippen molar-refractivity contribution in [2.75, 3.05) is 31.6 Å². The van der Waals surface area contributed by atoms with Crippen LogP contribution in [0, 0.1) is 5.92 Å². The highest BCUT2D eigenvalue weighted by Gasteiger charge is 2.14. The first-order chi connectivity index (χ1) is 9.71. The Hall–Kier alpha value is -1.81. The lowest BCUT2D eigenvalue weighted by atomic mass is 10.1. The van der Waals surface area contributed by atoms with E-state index in [-0.39, 0.29) is 0 Å². The molecule has 4 heteroatoms. The summed E-state index contributed by atoms with van der Waals surface area (Å²) in [5.41, 5.74) is 5.74. The van der Waals surface area contributed by atoms with Gasteiger partial charge in [-0.25, -0.2) is 4.98 Å². The minimum Gasteiger partial charge on any atom is -0.496 e. The average Bonchev–Trinajstić information content (AvgIpc) is 2.51. The molecule has 0 saturated heterocycles. The SMILES string of the molecule is CCN(CC(C)CN)c1nccc2c(OC)cccc12. The van der Waals surface area contributed by atoms with Gasteiger partial charge in [0.15, 0.2) is 0 Å². The molecule has 0 fully saturated rings. The molecule has 1 aromatic carbocycles. The van der Waals surface area contributed by atoms with E-state index in [1.165, 1.54) is 0 Å². The highest BCUT2D eigenvalue weighted by molar-refractivity contribution is 5.96. The molecule has 1 heterocycles. The van der Waals surface area contributed by atoms with Crippen molar-refractivity contribution < 1.29 is 4.74 Å². The molecule has 0 radical (unpaired) electrons. The topological polar surface area (TPSA) is 51.4 Å². The summed E-state index contributed by atoms with van der Waals surface area (Å²) in [6.45, 7) is 6.81. The predicted octanol–water partition coefficient (Wildman–Crippen LogP) is 2.66. The largest absolute Gasteiger partial charge is 0.496 e. The van der Waals surface area contributed by atoms with Crippen molar-refractivity contribution in [2.24, 2.45) is 11.7 Å². The second-order valence-corrected chi connectivity index (χ2v) is 5.07. The Morgan fingerprint density at radius 1 is 1.30 bits per heavy atom. The summed E-state index contributed by atoms with van der Waals surface area (Å²) in [5, 5.41) is 2.22. The molecule has 0 amide bonds. The molecule has 0 saturated carbocycles. The third kappa shape index (κ3) is 2.85. The van der Waals surface area contributed by atoms with Crippen molar-refractivity contribution in [1.82, 2.24) is 4.98 Å². The van der Waals surface area contributed by atoms with E-state index in [2.05, 4.69) is 29.8 Å². The van der Waals surface area contributed by atoms with Crippen LogP contribution in [0.4, 0.5) is 5.82 Å². The number of rotatable bonds is 6. The molecule has 1 atom stereocenters. The highest BCUT2D eigenvalue weighted by Crippen LogP contribution is 2.31. The molecule has 0 aliphatic heterocycles. The van der Waals surface area contributed by atoms with Gasteiger partial charge in [0.2, 0.25) is 0 Å². The maximum Gasteiger partial charge on any atom is 0.136 e. The molecule has 2 N–H and O–H groups in total. The Labute approximate surface area is 120 Å². The second kappa shape index (κ2) is 6.57. The van der Waals surface area contributed by atoms with Gasteiger partial charge in [0.25, 0.3) is 0 Å². The third-order valence-corrected chi connectivity index (χ3v) is 3.58. The number of ether oxygens (including phenoxy) is 1. The summed E-state index contributed by atoms with van der Waals surface area (Å²) in [7, 11) is 1.70. The molecular weight excluding hydrogens is 250 g/mol. The quantitative estimate of drug-likeness (QED) is 0.879. The van der Waals surface area contributed by atoms with Crippen molar-refractivity contribution in [3.8, 4) is 5.75 Å². The summed E-state index contributed by atoms with van der Waals surface area (Å²) in [6.07, 6.45) is 1.84. The van der Waals surface area contributed by atoms with Gasteiger partial charge in [0, 0.05) is 30.1 Å². The zero-order valence-electron chi connectivity index (χ0n) is 12.5. The van der Waals surface area contributed by atoms with E-state index in [4.69, 9.17) is 10.5 Å². The summed E-state index contributed by atoms with van der Waals surface area (Å²) >= 11 is 0. The van der Waals surface area contributed by atoms with Crippen molar-refractivity contribution in [3.05, 3.63) is 30.5 Å². The minimum absolute atomic E-state index is 0.442. The van der Waals surface area contributed by atoms with E-state index in [0.717, 1.165) is 35.4 Å². The maximum atomic E-state index is 5.74. The first kappa shape index (κ1) is 14.6. The number of hydrogen-bond acceptors (Lipinski definition) is 4. The molecule has 0 aliphatic rings. The van der Waals surface area contributed by atoms with Crippen LogP contribution in [-0.4, -0.2) is 31.7 Å². The number of nitrogens with two attached hydrogens (primary N) is 1. The fourth-order valence-corrected chi connectivity index (χ4v) is 2.41.